The highest BCUT2D eigenvalue weighted by Gasteiger charge is 2.56. The van der Waals surface area contributed by atoms with Crippen LogP contribution in [-0.2, 0) is 0 Å². The van der Waals surface area contributed by atoms with E-state index in [-0.39, 0.29) is 16.4 Å². The molecule has 20 heavy (non-hydrogen) atoms. The predicted octanol–water partition coefficient (Wildman–Crippen LogP) is 3.70. The molecule has 2 rings (SSSR count). The molecule has 1 saturated heterocycles. The normalized spacial score (nSPS) is 29.6. The van der Waals surface area contributed by atoms with E-state index in [1.165, 1.54) is 19.1 Å². The molecule has 0 saturated carbocycles. The number of hydrogen-bond donors (Lipinski definition) is 1. The lowest BCUT2D eigenvalue weighted by atomic mass is 9.88. The van der Waals surface area contributed by atoms with E-state index in [2.05, 4.69) is 0 Å². The number of alkyl halides is 3. The molecule has 0 aromatic heterocycles. The van der Waals surface area contributed by atoms with E-state index in [1.54, 1.807) is 0 Å². The Balaban J connectivity index is 2.57. The van der Waals surface area contributed by atoms with E-state index in [0.717, 1.165) is 17.9 Å². The minimum absolute atomic E-state index is 0.186. The lowest BCUT2D eigenvalue weighted by molar-refractivity contribution is -0.0624. The second-order valence-corrected chi connectivity index (χ2v) is 5.58. The standard InChI is InChI=1S/C13H14F4N2S/c1-7-13(16,17)6-12(2,15)11(20)19(7)10-5-8(18)3-4-9(10)14/h3-5,7H,6,18H2,1-2H3. The molecule has 110 valence electrons. The van der Waals surface area contributed by atoms with Crippen LogP contribution in [0.15, 0.2) is 18.2 Å². The average Bonchev–Trinajstić information content (AvgIpc) is 2.30. The summed E-state index contributed by atoms with van der Waals surface area (Å²) in [7, 11) is 0. The number of nitrogens with zero attached hydrogens (tertiary/aromatic N) is 1. The third-order valence-corrected chi connectivity index (χ3v) is 4.08. The van der Waals surface area contributed by atoms with Gasteiger partial charge in [-0.05, 0) is 32.0 Å². The molecule has 1 aromatic carbocycles. The van der Waals surface area contributed by atoms with E-state index >= 15 is 0 Å². The maximum absolute atomic E-state index is 14.3. The van der Waals surface area contributed by atoms with Crippen LogP contribution < -0.4 is 10.6 Å². The van der Waals surface area contributed by atoms with Crippen LogP contribution in [0.5, 0.6) is 0 Å². The molecule has 0 amide bonds. The molecule has 1 fully saturated rings. The van der Waals surface area contributed by atoms with Crippen molar-refractivity contribution in [1.82, 2.24) is 0 Å². The van der Waals surface area contributed by atoms with Gasteiger partial charge in [0.1, 0.15) is 10.8 Å². The van der Waals surface area contributed by atoms with Crippen molar-refractivity contribution in [1.29, 1.82) is 0 Å². The van der Waals surface area contributed by atoms with Gasteiger partial charge in [-0.25, -0.2) is 17.6 Å². The van der Waals surface area contributed by atoms with Gasteiger partial charge in [0.2, 0.25) is 0 Å². The monoisotopic (exact) mass is 306 g/mol. The quantitative estimate of drug-likeness (QED) is 0.487. The minimum Gasteiger partial charge on any atom is -0.399 e. The summed E-state index contributed by atoms with van der Waals surface area (Å²) in [6.07, 6.45) is -1.01. The highest BCUT2D eigenvalue weighted by atomic mass is 32.1. The topological polar surface area (TPSA) is 29.3 Å². The number of hydrogen-bond acceptors (Lipinski definition) is 2. The van der Waals surface area contributed by atoms with Crippen LogP contribution in [0.2, 0.25) is 0 Å². The summed E-state index contributed by atoms with van der Waals surface area (Å²) in [6, 6.07) is 2.07. The largest absolute Gasteiger partial charge is 0.399 e. The van der Waals surface area contributed by atoms with Gasteiger partial charge in [-0.1, -0.05) is 12.2 Å². The molecule has 2 nitrogen and oxygen atoms in total. The number of piperidine rings is 1. The van der Waals surface area contributed by atoms with Gasteiger partial charge in [0.05, 0.1) is 18.2 Å². The van der Waals surface area contributed by atoms with Crippen LogP contribution >= 0.6 is 12.2 Å². The first-order valence-electron chi connectivity index (χ1n) is 6.02. The fourth-order valence-electron chi connectivity index (χ4n) is 2.31. The highest BCUT2D eigenvalue weighted by molar-refractivity contribution is 7.80. The third-order valence-electron chi connectivity index (χ3n) is 3.46. The second kappa shape index (κ2) is 4.58. The molecular weight excluding hydrogens is 292 g/mol. The van der Waals surface area contributed by atoms with E-state index in [4.69, 9.17) is 18.0 Å². The Labute approximate surface area is 119 Å². The Morgan fingerprint density at radius 3 is 2.55 bits per heavy atom. The van der Waals surface area contributed by atoms with E-state index in [0.29, 0.717) is 0 Å². The van der Waals surface area contributed by atoms with Gasteiger partial charge < -0.3 is 10.6 Å². The highest BCUT2D eigenvalue weighted by Crippen LogP contribution is 2.43. The van der Waals surface area contributed by atoms with Crippen LogP contribution in [0.3, 0.4) is 0 Å². The first-order chi connectivity index (χ1) is 9.06. The minimum atomic E-state index is -3.33. The second-order valence-electron chi connectivity index (χ2n) is 5.20. The lowest BCUT2D eigenvalue weighted by Gasteiger charge is -2.46. The molecule has 1 heterocycles. The summed E-state index contributed by atoms with van der Waals surface area (Å²) in [4.78, 5) is 0.463. The van der Waals surface area contributed by atoms with Gasteiger partial charge in [-0.2, -0.15) is 0 Å². The van der Waals surface area contributed by atoms with Gasteiger partial charge in [0, 0.05) is 5.69 Å². The van der Waals surface area contributed by atoms with Crippen LogP contribution in [0, 0.1) is 5.82 Å². The zero-order valence-corrected chi connectivity index (χ0v) is 11.8. The summed E-state index contributed by atoms with van der Waals surface area (Å²) in [5.41, 5.74) is 3.11. The third kappa shape index (κ3) is 2.34. The van der Waals surface area contributed by atoms with Crippen molar-refractivity contribution in [3.05, 3.63) is 24.0 Å². The summed E-state index contributed by atoms with van der Waals surface area (Å²) >= 11 is 4.94. The molecule has 7 heteroatoms. The summed E-state index contributed by atoms with van der Waals surface area (Å²) in [5, 5.41) is 0. The number of nitrogens with two attached hydrogens (primary N) is 1. The van der Waals surface area contributed by atoms with Crippen LogP contribution in [0.25, 0.3) is 0 Å². The van der Waals surface area contributed by atoms with Crippen LogP contribution in [0.4, 0.5) is 28.9 Å². The van der Waals surface area contributed by atoms with Gasteiger partial charge in [-0.3, -0.25) is 0 Å². The molecule has 2 N–H and O–H groups in total. The number of nitrogen functional groups attached to an aromatic ring is 1. The molecule has 2 unspecified atom stereocenters. The number of anilines is 2. The maximum Gasteiger partial charge on any atom is 0.271 e. The Hall–Kier alpha value is -1.37. The van der Waals surface area contributed by atoms with Gasteiger partial charge in [0.25, 0.3) is 5.92 Å². The van der Waals surface area contributed by atoms with Crippen LogP contribution in [0.1, 0.15) is 20.3 Å². The molecular formula is C13H14F4N2S. The number of thiocarbonyl (C=S) groups is 1. The molecule has 0 aliphatic carbocycles. The van der Waals surface area contributed by atoms with Crippen molar-refractivity contribution >= 4 is 28.6 Å². The number of halogens is 4. The zero-order valence-electron chi connectivity index (χ0n) is 11.0. The Morgan fingerprint density at radius 1 is 1.35 bits per heavy atom. The molecule has 0 spiro atoms. The first-order valence-corrected chi connectivity index (χ1v) is 6.42. The van der Waals surface area contributed by atoms with Crippen molar-refractivity contribution in [2.45, 2.75) is 37.9 Å². The molecule has 0 radical (unpaired) electrons. The Bertz CT molecular complexity index is 559. The Kier molecular flexibility index (Phi) is 3.44. The fourth-order valence-corrected chi connectivity index (χ4v) is 2.64. The van der Waals surface area contributed by atoms with Gasteiger partial charge >= 0.3 is 0 Å². The SMILES string of the molecule is CC1N(c2cc(N)ccc2F)C(=S)C(C)(F)CC1(F)F. The van der Waals surface area contributed by atoms with Gasteiger partial charge in [0.15, 0.2) is 5.67 Å². The lowest BCUT2D eigenvalue weighted by Crippen LogP contribution is -2.62. The van der Waals surface area contributed by atoms with Crippen molar-refractivity contribution < 1.29 is 17.6 Å². The summed E-state index contributed by atoms with van der Waals surface area (Å²) < 4.78 is 56.0. The molecule has 1 aliphatic rings. The fraction of sp³-hybridized carbons (Fsp3) is 0.462. The van der Waals surface area contributed by atoms with Crippen molar-refractivity contribution in [2.75, 3.05) is 10.6 Å². The van der Waals surface area contributed by atoms with Crippen molar-refractivity contribution in [2.24, 2.45) is 0 Å². The van der Waals surface area contributed by atoms with E-state index < -0.39 is 29.9 Å². The zero-order chi connectivity index (χ0) is 15.3. The predicted molar refractivity (Wildman–Crippen MR) is 74.4 cm³/mol. The number of benzene rings is 1. The van der Waals surface area contributed by atoms with E-state index in [1.807, 2.05) is 0 Å². The first kappa shape index (κ1) is 15.0. The molecule has 1 aliphatic heterocycles. The molecule has 2 atom stereocenters. The van der Waals surface area contributed by atoms with Crippen molar-refractivity contribution in [3.8, 4) is 0 Å². The van der Waals surface area contributed by atoms with Gasteiger partial charge in [-0.15, -0.1) is 0 Å². The van der Waals surface area contributed by atoms with E-state index in [9.17, 15) is 17.6 Å². The summed E-state index contributed by atoms with van der Waals surface area (Å²) in [6.45, 7) is 2.16. The summed E-state index contributed by atoms with van der Waals surface area (Å²) in [5.74, 6) is -4.11. The maximum atomic E-state index is 14.3. The Morgan fingerprint density at radius 2 is 1.95 bits per heavy atom. The number of rotatable bonds is 1. The van der Waals surface area contributed by atoms with Crippen molar-refractivity contribution in [3.63, 3.8) is 0 Å². The van der Waals surface area contributed by atoms with Crippen LogP contribution in [-0.4, -0.2) is 22.6 Å². The average molecular weight is 306 g/mol. The molecule has 1 aromatic rings. The molecule has 0 bridgehead atoms. The smallest absolute Gasteiger partial charge is 0.271 e.